The van der Waals surface area contributed by atoms with E-state index in [9.17, 15) is 13.2 Å². The van der Waals surface area contributed by atoms with Crippen LogP contribution in [-0.4, -0.2) is 40.8 Å². The fourth-order valence-electron chi connectivity index (χ4n) is 3.24. The number of morpholine rings is 1. The number of nitrogens with two attached hydrogens (primary N) is 1. The average molecular weight is 379 g/mol. The number of alkyl halides is 3. The Morgan fingerprint density at radius 1 is 1.22 bits per heavy atom. The van der Waals surface area contributed by atoms with Crippen LogP contribution in [0.1, 0.15) is 36.9 Å². The van der Waals surface area contributed by atoms with Gasteiger partial charge in [0.05, 0.1) is 30.5 Å². The minimum atomic E-state index is -4.55. The molecular weight excluding hydrogens is 359 g/mol. The smallest absolute Gasteiger partial charge is 0.384 e. The summed E-state index contributed by atoms with van der Waals surface area (Å²) in [6.45, 7) is 3.65. The summed E-state index contributed by atoms with van der Waals surface area (Å²) in [5.74, 6) is 0.539. The van der Waals surface area contributed by atoms with Gasteiger partial charge < -0.3 is 15.4 Å². The Kier molecular flexibility index (Phi) is 4.41. The van der Waals surface area contributed by atoms with Gasteiger partial charge in [-0.3, -0.25) is 0 Å². The fourth-order valence-corrected chi connectivity index (χ4v) is 3.24. The number of pyridine rings is 1. The van der Waals surface area contributed by atoms with E-state index in [0.717, 1.165) is 30.8 Å². The summed E-state index contributed by atoms with van der Waals surface area (Å²) in [5.41, 5.74) is 5.57. The van der Waals surface area contributed by atoms with Crippen LogP contribution in [0, 0.1) is 0 Å². The molecule has 2 aromatic heterocycles. The van der Waals surface area contributed by atoms with Gasteiger partial charge in [0.1, 0.15) is 5.82 Å². The molecule has 4 rings (SSSR count). The molecule has 0 spiro atoms. The molecule has 27 heavy (non-hydrogen) atoms. The monoisotopic (exact) mass is 379 g/mol. The lowest BCUT2D eigenvalue weighted by Crippen LogP contribution is -2.44. The van der Waals surface area contributed by atoms with Crippen molar-refractivity contribution in [1.29, 1.82) is 0 Å². The number of rotatable bonds is 3. The summed E-state index contributed by atoms with van der Waals surface area (Å²) in [5, 5.41) is 0. The number of aromatic nitrogens is 3. The van der Waals surface area contributed by atoms with Crippen molar-refractivity contribution in [2.24, 2.45) is 0 Å². The molecule has 0 aromatic carbocycles. The van der Waals surface area contributed by atoms with E-state index >= 15 is 0 Å². The van der Waals surface area contributed by atoms with Gasteiger partial charge in [-0.1, -0.05) is 0 Å². The fraction of sp³-hybridized carbons (Fsp3) is 0.500. The van der Waals surface area contributed by atoms with Crippen molar-refractivity contribution in [3.05, 3.63) is 29.6 Å². The molecule has 3 heterocycles. The number of ether oxygens (including phenoxy) is 1. The molecule has 0 amide bonds. The maximum atomic E-state index is 13.5. The predicted octanol–water partition coefficient (Wildman–Crippen LogP) is 3.24. The van der Waals surface area contributed by atoms with E-state index in [1.165, 1.54) is 0 Å². The first-order valence-corrected chi connectivity index (χ1v) is 8.89. The predicted molar refractivity (Wildman–Crippen MR) is 94.3 cm³/mol. The maximum Gasteiger partial charge on any atom is 0.417 e. The van der Waals surface area contributed by atoms with Gasteiger partial charge in [0.25, 0.3) is 0 Å². The molecule has 1 atom stereocenters. The molecular formula is C18H20F3N5O. The van der Waals surface area contributed by atoms with Crippen LogP contribution in [0.4, 0.5) is 24.9 Å². The normalized spacial score (nSPS) is 20.7. The van der Waals surface area contributed by atoms with Crippen molar-refractivity contribution < 1.29 is 17.9 Å². The van der Waals surface area contributed by atoms with Gasteiger partial charge in [-0.2, -0.15) is 13.2 Å². The van der Waals surface area contributed by atoms with Crippen molar-refractivity contribution in [1.82, 2.24) is 15.0 Å². The Labute approximate surface area is 154 Å². The lowest BCUT2D eigenvalue weighted by Gasteiger charge is -2.33. The van der Waals surface area contributed by atoms with Gasteiger partial charge in [-0.15, -0.1) is 0 Å². The number of hydrogen-bond acceptors (Lipinski definition) is 6. The van der Waals surface area contributed by atoms with E-state index in [1.54, 1.807) is 6.07 Å². The van der Waals surface area contributed by atoms with Gasteiger partial charge in [0.2, 0.25) is 5.95 Å². The minimum absolute atomic E-state index is 0.0488. The summed E-state index contributed by atoms with van der Waals surface area (Å²) in [6, 6.07) is 2.55. The minimum Gasteiger partial charge on any atom is -0.384 e. The average Bonchev–Trinajstić information content (AvgIpc) is 3.46. The molecule has 1 saturated carbocycles. The molecule has 144 valence electrons. The molecule has 2 N–H and O–H groups in total. The van der Waals surface area contributed by atoms with Crippen molar-refractivity contribution >= 4 is 11.8 Å². The quantitative estimate of drug-likeness (QED) is 0.882. The van der Waals surface area contributed by atoms with Crippen LogP contribution in [0.15, 0.2) is 18.3 Å². The number of nitrogens with zero attached hydrogens (tertiary/aromatic N) is 4. The van der Waals surface area contributed by atoms with Crippen molar-refractivity contribution in [3.8, 4) is 11.3 Å². The molecule has 1 aliphatic heterocycles. The summed E-state index contributed by atoms with van der Waals surface area (Å²) < 4.78 is 46.1. The first kappa shape index (κ1) is 18.0. The zero-order chi connectivity index (χ0) is 19.2. The van der Waals surface area contributed by atoms with Crippen LogP contribution >= 0.6 is 0 Å². The van der Waals surface area contributed by atoms with Crippen LogP contribution in [-0.2, 0) is 10.9 Å². The van der Waals surface area contributed by atoms with Gasteiger partial charge in [-0.05, 0) is 31.9 Å². The highest BCUT2D eigenvalue weighted by atomic mass is 19.4. The second-order valence-corrected chi connectivity index (χ2v) is 7.02. The van der Waals surface area contributed by atoms with E-state index in [-0.39, 0.29) is 29.0 Å². The Balaban J connectivity index is 1.84. The Morgan fingerprint density at radius 2 is 2.00 bits per heavy atom. The van der Waals surface area contributed by atoms with E-state index in [2.05, 4.69) is 15.0 Å². The molecule has 6 nitrogen and oxygen atoms in total. The summed E-state index contributed by atoms with van der Waals surface area (Å²) in [6.07, 6.45) is -1.44. The highest BCUT2D eigenvalue weighted by molar-refractivity contribution is 5.67. The van der Waals surface area contributed by atoms with Crippen molar-refractivity contribution in [3.63, 3.8) is 0 Å². The second-order valence-electron chi connectivity index (χ2n) is 7.02. The maximum absolute atomic E-state index is 13.5. The first-order chi connectivity index (χ1) is 12.8. The van der Waals surface area contributed by atoms with Gasteiger partial charge in [0, 0.05) is 29.9 Å². The largest absolute Gasteiger partial charge is 0.417 e. The zero-order valence-electron chi connectivity index (χ0n) is 14.8. The Bertz CT molecular complexity index is 853. The lowest BCUT2D eigenvalue weighted by molar-refractivity contribution is -0.137. The van der Waals surface area contributed by atoms with Gasteiger partial charge in [-0.25, -0.2) is 15.0 Å². The third-order valence-corrected chi connectivity index (χ3v) is 4.86. The number of anilines is 2. The molecule has 9 heteroatoms. The van der Waals surface area contributed by atoms with Crippen LogP contribution in [0.25, 0.3) is 11.3 Å². The third kappa shape index (κ3) is 3.69. The standard InChI is InChI=1S/C18H20F3N5O/c1-10-9-27-5-4-26(10)17-24-14(11-2-3-11)7-15(25-17)12-8-23-16(22)6-13(12)18(19,20)21/h6-8,10-11H,2-5,9H2,1H3,(H2,22,23). The van der Waals surface area contributed by atoms with Crippen molar-refractivity contribution in [2.75, 3.05) is 30.4 Å². The molecule has 1 saturated heterocycles. The van der Waals surface area contributed by atoms with Crippen LogP contribution in [0.3, 0.4) is 0 Å². The van der Waals surface area contributed by atoms with Crippen LogP contribution < -0.4 is 10.6 Å². The van der Waals surface area contributed by atoms with Gasteiger partial charge in [0.15, 0.2) is 0 Å². The zero-order valence-corrected chi connectivity index (χ0v) is 14.8. The molecule has 1 aliphatic carbocycles. The number of nitrogen functional groups attached to an aromatic ring is 1. The topological polar surface area (TPSA) is 77.2 Å². The van der Waals surface area contributed by atoms with E-state index in [1.807, 2.05) is 11.8 Å². The van der Waals surface area contributed by atoms with Crippen LogP contribution in [0.5, 0.6) is 0 Å². The third-order valence-electron chi connectivity index (χ3n) is 4.86. The highest BCUT2D eigenvalue weighted by Crippen LogP contribution is 2.42. The summed E-state index contributed by atoms with van der Waals surface area (Å²) in [7, 11) is 0. The lowest BCUT2D eigenvalue weighted by atomic mass is 10.0. The Morgan fingerprint density at radius 3 is 2.67 bits per heavy atom. The summed E-state index contributed by atoms with van der Waals surface area (Å²) >= 11 is 0. The molecule has 2 aliphatic rings. The Hall–Kier alpha value is -2.42. The van der Waals surface area contributed by atoms with Gasteiger partial charge >= 0.3 is 6.18 Å². The number of hydrogen-bond donors (Lipinski definition) is 1. The molecule has 1 unspecified atom stereocenters. The summed E-state index contributed by atoms with van der Waals surface area (Å²) in [4.78, 5) is 15.0. The first-order valence-electron chi connectivity index (χ1n) is 8.89. The second kappa shape index (κ2) is 6.63. The molecule has 0 bridgehead atoms. The van der Waals surface area contributed by atoms with E-state index in [4.69, 9.17) is 10.5 Å². The van der Waals surface area contributed by atoms with Crippen molar-refractivity contribution in [2.45, 2.75) is 37.9 Å². The molecule has 0 radical (unpaired) electrons. The van der Waals surface area contributed by atoms with Crippen LogP contribution in [0.2, 0.25) is 0 Å². The molecule has 2 fully saturated rings. The number of halogens is 3. The SMILES string of the molecule is CC1COCCN1c1nc(-c2cnc(N)cc2C(F)(F)F)cc(C2CC2)n1. The highest BCUT2D eigenvalue weighted by Gasteiger charge is 2.36. The van der Waals surface area contributed by atoms with E-state index < -0.39 is 11.7 Å². The molecule has 2 aromatic rings. The van der Waals surface area contributed by atoms with E-state index in [0.29, 0.717) is 25.7 Å².